The van der Waals surface area contributed by atoms with Crippen molar-refractivity contribution >= 4 is 46.5 Å². The number of ether oxygens (including phenoxy) is 2. The van der Waals surface area contributed by atoms with Crippen LogP contribution in [0.1, 0.15) is 102 Å². The number of likely N-dealkylation sites (tertiary alicyclic amines) is 1. The SMILES string of the molecule is O=C1CCC(N2Cc3c(NCCCOC4CCN(C[C@H]5CC[C@H](n6cc(NC(=O)c7cnn8ccc(N9CCOCC9)nc78)c(C(F)F)n6)CC5)CC4)cccc3C2=O)C(=O)N1. The van der Waals surface area contributed by atoms with Crippen LogP contribution < -0.4 is 20.9 Å². The summed E-state index contributed by atoms with van der Waals surface area (Å²) < 4.78 is 43.3. The van der Waals surface area contributed by atoms with Gasteiger partial charge < -0.3 is 34.8 Å². The van der Waals surface area contributed by atoms with Gasteiger partial charge in [0.2, 0.25) is 11.8 Å². The van der Waals surface area contributed by atoms with Gasteiger partial charge in [-0.25, -0.2) is 18.3 Å². The molecule has 3 saturated heterocycles. The van der Waals surface area contributed by atoms with E-state index < -0.39 is 30.0 Å². The number of anilines is 3. The van der Waals surface area contributed by atoms with Crippen molar-refractivity contribution in [2.45, 2.75) is 88.9 Å². The molecule has 1 aromatic carbocycles. The van der Waals surface area contributed by atoms with E-state index in [1.165, 1.54) is 16.9 Å². The second-order valence-corrected chi connectivity index (χ2v) is 16.9. The first kappa shape index (κ1) is 41.8. The summed E-state index contributed by atoms with van der Waals surface area (Å²) in [7, 11) is 0. The highest BCUT2D eigenvalue weighted by atomic mass is 19.3. The lowest BCUT2D eigenvalue weighted by molar-refractivity contribution is -0.136. The van der Waals surface area contributed by atoms with Gasteiger partial charge in [-0.15, -0.1) is 0 Å². The smallest absolute Gasteiger partial charge is 0.284 e. The summed E-state index contributed by atoms with van der Waals surface area (Å²) in [5.74, 6) is -0.270. The Morgan fingerprint density at radius 2 is 1.79 bits per heavy atom. The number of alkyl halides is 2. The maximum atomic E-state index is 14.2. The molecule has 0 radical (unpaired) electrons. The van der Waals surface area contributed by atoms with Crippen LogP contribution in [-0.4, -0.2) is 129 Å². The van der Waals surface area contributed by atoms with Crippen LogP contribution in [0.4, 0.5) is 26.0 Å². The second-order valence-electron chi connectivity index (χ2n) is 16.9. The van der Waals surface area contributed by atoms with Gasteiger partial charge in [0.15, 0.2) is 11.3 Å². The molecular weight excluding hydrogens is 805 g/mol. The Morgan fingerprint density at radius 1 is 0.984 bits per heavy atom. The van der Waals surface area contributed by atoms with Gasteiger partial charge in [0, 0.05) is 88.0 Å². The molecule has 0 bridgehead atoms. The highest BCUT2D eigenvalue weighted by molar-refractivity contribution is 6.08. The molecule has 19 heteroatoms. The molecule has 1 unspecified atom stereocenters. The maximum absolute atomic E-state index is 14.2. The minimum absolute atomic E-state index is 0.00528. The highest BCUT2D eigenvalue weighted by Gasteiger charge is 2.40. The number of nitrogens with one attached hydrogen (secondary N) is 3. The molecule has 4 amide bonds. The number of rotatable bonds is 14. The molecule has 1 atom stereocenters. The van der Waals surface area contributed by atoms with Crippen molar-refractivity contribution in [2.24, 2.45) is 5.92 Å². The number of nitrogens with zero attached hydrogens (tertiary/aromatic N) is 8. The van der Waals surface area contributed by atoms with Crippen molar-refractivity contribution in [1.82, 2.24) is 39.5 Å². The van der Waals surface area contributed by atoms with E-state index in [4.69, 9.17) is 9.47 Å². The molecule has 0 spiro atoms. The largest absolute Gasteiger partial charge is 0.385 e. The first-order valence-electron chi connectivity index (χ1n) is 21.9. The Bertz CT molecular complexity index is 2280. The van der Waals surface area contributed by atoms with Gasteiger partial charge in [-0.3, -0.25) is 29.2 Å². The molecule has 4 aromatic rings. The van der Waals surface area contributed by atoms with Crippen molar-refractivity contribution < 1.29 is 37.4 Å². The summed E-state index contributed by atoms with van der Waals surface area (Å²) in [6, 6.07) is 6.74. The van der Waals surface area contributed by atoms with E-state index in [0.717, 1.165) is 75.8 Å². The molecule has 17 nitrogen and oxygen atoms in total. The highest BCUT2D eigenvalue weighted by Crippen LogP contribution is 2.36. The van der Waals surface area contributed by atoms with Gasteiger partial charge in [0.25, 0.3) is 18.2 Å². The molecule has 9 rings (SSSR count). The van der Waals surface area contributed by atoms with Gasteiger partial charge in [-0.2, -0.15) is 10.2 Å². The number of fused-ring (bicyclic) bond motifs is 2. The molecular formula is C43H53F2N11O6. The lowest BCUT2D eigenvalue weighted by Crippen LogP contribution is -2.52. The molecule has 330 valence electrons. The van der Waals surface area contributed by atoms with Crippen LogP contribution in [0.2, 0.25) is 0 Å². The Balaban J connectivity index is 0.697. The number of morpholine rings is 1. The summed E-state index contributed by atoms with van der Waals surface area (Å²) in [4.78, 5) is 61.5. The normalized spacial score (nSPS) is 22.7. The van der Waals surface area contributed by atoms with Crippen molar-refractivity contribution in [2.75, 3.05) is 74.6 Å². The molecule has 4 fully saturated rings. The molecule has 5 aliphatic rings. The predicted octanol–water partition coefficient (Wildman–Crippen LogP) is 4.43. The van der Waals surface area contributed by atoms with Crippen molar-refractivity contribution in [1.29, 1.82) is 0 Å². The van der Waals surface area contributed by atoms with Crippen LogP contribution >= 0.6 is 0 Å². The number of imide groups is 1. The van der Waals surface area contributed by atoms with E-state index in [9.17, 15) is 28.0 Å². The Morgan fingerprint density at radius 3 is 2.56 bits per heavy atom. The third-order valence-electron chi connectivity index (χ3n) is 13.0. The number of amides is 4. The topological polar surface area (TPSA) is 181 Å². The predicted molar refractivity (Wildman–Crippen MR) is 223 cm³/mol. The number of halogens is 2. The van der Waals surface area contributed by atoms with Gasteiger partial charge in [-0.05, 0) is 75.5 Å². The van der Waals surface area contributed by atoms with Crippen LogP contribution in [0.5, 0.6) is 0 Å². The van der Waals surface area contributed by atoms with E-state index in [-0.39, 0.29) is 41.6 Å². The molecule has 7 heterocycles. The molecule has 1 saturated carbocycles. The van der Waals surface area contributed by atoms with Crippen molar-refractivity contribution in [3.63, 3.8) is 0 Å². The number of carbonyl (C=O) groups excluding carboxylic acids is 4. The quantitative estimate of drug-likeness (QED) is 0.120. The third kappa shape index (κ3) is 9.01. The number of benzene rings is 1. The summed E-state index contributed by atoms with van der Waals surface area (Å²) in [6.45, 7) is 7.09. The summed E-state index contributed by atoms with van der Waals surface area (Å²) in [5, 5.41) is 17.0. The van der Waals surface area contributed by atoms with Crippen LogP contribution in [0.25, 0.3) is 5.65 Å². The molecule has 62 heavy (non-hydrogen) atoms. The number of piperidine rings is 2. The fourth-order valence-corrected chi connectivity index (χ4v) is 9.54. The van der Waals surface area contributed by atoms with E-state index >= 15 is 0 Å². The van der Waals surface area contributed by atoms with E-state index in [2.05, 4.69) is 40.9 Å². The van der Waals surface area contributed by atoms with Gasteiger partial charge >= 0.3 is 0 Å². The van der Waals surface area contributed by atoms with Crippen LogP contribution in [0.3, 0.4) is 0 Å². The van der Waals surface area contributed by atoms with Crippen LogP contribution in [0.15, 0.2) is 42.9 Å². The lowest BCUT2D eigenvalue weighted by atomic mass is 9.85. The molecule has 3 aromatic heterocycles. The zero-order valence-corrected chi connectivity index (χ0v) is 34.6. The average molecular weight is 858 g/mol. The summed E-state index contributed by atoms with van der Waals surface area (Å²) >= 11 is 0. The number of aromatic nitrogens is 5. The lowest BCUT2D eigenvalue weighted by Gasteiger charge is -2.36. The number of hydrogen-bond donors (Lipinski definition) is 3. The fourth-order valence-electron chi connectivity index (χ4n) is 9.54. The number of carbonyl (C=O) groups is 4. The summed E-state index contributed by atoms with van der Waals surface area (Å²) in [5.41, 5.74) is 2.42. The third-order valence-corrected chi connectivity index (χ3v) is 13.0. The van der Waals surface area contributed by atoms with Crippen LogP contribution in [-0.2, 0) is 25.6 Å². The second kappa shape index (κ2) is 18.4. The first-order chi connectivity index (χ1) is 30.2. The fraction of sp³-hybridized carbons (Fsp3) is 0.558. The molecule has 4 aliphatic heterocycles. The van der Waals surface area contributed by atoms with Crippen molar-refractivity contribution in [3.8, 4) is 0 Å². The first-order valence-corrected chi connectivity index (χ1v) is 21.9. The van der Waals surface area contributed by atoms with Gasteiger partial charge in [-0.1, -0.05) is 6.07 Å². The summed E-state index contributed by atoms with van der Waals surface area (Å²) in [6.07, 6.45) is 8.87. The molecule has 3 N–H and O–H groups in total. The van der Waals surface area contributed by atoms with E-state index in [1.54, 1.807) is 21.8 Å². The maximum Gasteiger partial charge on any atom is 0.284 e. The van der Waals surface area contributed by atoms with Gasteiger partial charge in [0.1, 0.15) is 17.4 Å². The number of hydrogen-bond acceptors (Lipinski definition) is 12. The minimum atomic E-state index is -2.86. The molecule has 1 aliphatic carbocycles. The standard InChI is InChI=1S/C43H53F2N11O6/c44-39(45)38-34(48-41(58)31-23-47-55-17-13-36(49-40(31)55)53-18-21-61-22-19-53)26-56(51-38)28-7-5-27(6-8-28)24-52-15-11-29(12-16-52)62-20-2-14-46-33-4-1-3-30-32(33)25-54(43(30)60)35-9-10-37(57)50-42(35)59/h1,3-4,13,17,23,26-29,35,39,46H,2,5-12,14-16,18-22,24-25H2,(H,48,58)(H,50,57,59)/t27-,28-,35?. The zero-order chi connectivity index (χ0) is 42.7. The zero-order valence-electron chi connectivity index (χ0n) is 34.6. The van der Waals surface area contributed by atoms with Crippen LogP contribution in [0, 0.1) is 5.92 Å². The Kier molecular flexibility index (Phi) is 12.4. The van der Waals surface area contributed by atoms with E-state index in [1.807, 2.05) is 18.2 Å². The monoisotopic (exact) mass is 857 g/mol. The average Bonchev–Trinajstić information content (AvgIpc) is 4.00. The van der Waals surface area contributed by atoms with E-state index in [0.29, 0.717) is 75.4 Å². The minimum Gasteiger partial charge on any atom is -0.385 e. The Hall–Kier alpha value is -5.53. The van der Waals surface area contributed by atoms with Gasteiger partial charge in [0.05, 0.1) is 37.2 Å². The Labute approximate surface area is 357 Å². The van der Waals surface area contributed by atoms with Crippen molar-refractivity contribution in [3.05, 3.63) is 65.2 Å².